The van der Waals surface area contributed by atoms with Crippen molar-refractivity contribution in [2.45, 2.75) is 0 Å². The van der Waals surface area contributed by atoms with Crippen molar-refractivity contribution in [1.29, 1.82) is 0 Å². The van der Waals surface area contributed by atoms with Crippen molar-refractivity contribution in [3.63, 3.8) is 0 Å². The Bertz CT molecular complexity index is 7.61. The van der Waals surface area contributed by atoms with Crippen LogP contribution in [0, 0.1) is 0 Å². The minimum Gasteiger partial charge on any atom is -0.412 e. The van der Waals surface area contributed by atoms with E-state index in [1.165, 1.54) is 0 Å². The highest BCUT2D eigenvalue weighted by Gasteiger charge is 0.734. The largest absolute Gasteiger partial charge is 0.412 e. The van der Waals surface area contributed by atoms with Crippen LogP contribution in [0.1, 0.15) is 0 Å². The van der Waals surface area contributed by atoms with Crippen LogP contribution in [0.4, 0.5) is 0 Å². The Balaban J connectivity index is -0.00000000167. The highest BCUT2D eigenvalue weighted by atomic mass is 32.1. The van der Waals surface area contributed by atoms with Gasteiger partial charge in [-0.15, -0.1) is 0 Å². The lowest BCUT2D eigenvalue weighted by Crippen LogP contribution is -0.894. The van der Waals surface area contributed by atoms with Crippen molar-refractivity contribution < 1.29 is 9.69 Å². The van der Waals surface area contributed by atoms with Crippen LogP contribution in [0.3, 0.4) is 0 Å². The number of hydrogen-bond donors (Lipinski definition) is 0. The van der Waals surface area contributed by atoms with E-state index < -0.39 is 0 Å². The third-order valence-electron chi connectivity index (χ3n) is 0. The molecule has 5 heteroatoms. The fourth-order valence-electron chi connectivity index (χ4n) is 0. The molecule has 2 N–H and O–H groups in total. The smallest absolute Gasteiger partial charge is 0.316 e. The van der Waals surface area contributed by atoms with Crippen molar-refractivity contribution in [2.75, 3.05) is 0 Å². The van der Waals surface area contributed by atoms with Crippen LogP contribution in [-0.4, -0.2) is 55.8 Å². The molecular formula is H6Mg2O2S. The number of rotatable bonds is 0. The summed E-state index contributed by atoms with van der Waals surface area (Å²) in [5, 5.41) is 0. The molecule has 0 unspecified atom stereocenters. The molecular weight excluding hydrogens is 113 g/mol. The van der Waals surface area contributed by atoms with Gasteiger partial charge in [0.15, 0.2) is 12.5 Å². The third-order valence-corrected chi connectivity index (χ3v) is 0. The summed E-state index contributed by atoms with van der Waals surface area (Å²) in [7, 11) is 0. The van der Waals surface area contributed by atoms with Crippen LogP contribution in [0.2, 0.25) is 0 Å². The summed E-state index contributed by atoms with van der Waals surface area (Å²) in [5.41, 5.74) is 0. The van der Waals surface area contributed by atoms with E-state index in [0.717, 1.165) is 0 Å². The summed E-state index contributed by atoms with van der Waals surface area (Å²) >= 11 is 2.83. The standard InChI is InChI=1S/2Mg.OS.H2O.4H/c;;1-2;;;;;/h;;;1H2;;;;. The second-order valence-corrected chi connectivity index (χ2v) is 0. The predicted octanol–water partition coefficient (Wildman–Crippen LogP) is -2.99. The van der Waals surface area contributed by atoms with Gasteiger partial charge >= 0.3 is 46.1 Å². The van der Waals surface area contributed by atoms with Crippen molar-refractivity contribution in [3.8, 4) is 0 Å². The normalized spacial score (nSPS) is 0.800. The molecule has 5 heavy (non-hydrogen) atoms. The van der Waals surface area contributed by atoms with Gasteiger partial charge in [0.2, 0.25) is 0 Å². The van der Waals surface area contributed by atoms with Gasteiger partial charge in [-0.3, -0.25) is 0 Å². The van der Waals surface area contributed by atoms with E-state index in [2.05, 4.69) is 12.5 Å². The predicted molar refractivity (Wildman–Crippen MR) is 28.8 cm³/mol. The van der Waals surface area contributed by atoms with Crippen LogP contribution < -0.4 is 0 Å². The maximum Gasteiger partial charge on any atom is 0.316 e. The van der Waals surface area contributed by atoms with Gasteiger partial charge in [-0.2, -0.15) is 4.21 Å². The van der Waals surface area contributed by atoms with Gasteiger partial charge in [-0.05, 0) is 0 Å². The molecule has 0 saturated heterocycles. The topological polar surface area (TPSA) is 48.6 Å². The quantitative estimate of drug-likeness (QED) is 0.319. The average Bonchev–Trinajstić information content (AvgIpc) is 1.00. The molecule has 0 spiro atoms. The molecule has 0 heterocycles. The molecule has 0 aromatic rings. The number of hydrogen-bond acceptors (Lipinski definition) is 2. The first-order valence-corrected chi connectivity index (χ1v) is 0.500. The highest BCUT2D eigenvalue weighted by Crippen LogP contribution is 0.558. The van der Waals surface area contributed by atoms with Crippen molar-refractivity contribution >= 4 is 58.6 Å². The van der Waals surface area contributed by atoms with Gasteiger partial charge < -0.3 is 5.48 Å². The van der Waals surface area contributed by atoms with Gasteiger partial charge in [0.05, 0.1) is 0 Å². The second kappa shape index (κ2) is 49.1. The van der Waals surface area contributed by atoms with Crippen LogP contribution in [0.5, 0.6) is 0 Å². The van der Waals surface area contributed by atoms with Crippen molar-refractivity contribution in [3.05, 3.63) is 0 Å². The Hall–Kier alpha value is 1.51. The van der Waals surface area contributed by atoms with E-state index in [-0.39, 0.29) is 51.6 Å². The van der Waals surface area contributed by atoms with E-state index in [9.17, 15) is 0 Å². The summed E-state index contributed by atoms with van der Waals surface area (Å²) in [6.07, 6.45) is 0. The molecule has 0 fully saturated rings. The SMILES string of the molecule is O.O=S.[MgH2].[MgH2]. The third kappa shape index (κ3) is 29.7. The monoisotopic (exact) mass is 118 g/mol. The average molecular weight is 119 g/mol. The Morgan fingerprint density at radius 2 is 1.00 bits per heavy atom. The van der Waals surface area contributed by atoms with Gasteiger partial charge in [0, 0.05) is 0 Å². The molecule has 0 aromatic carbocycles. The van der Waals surface area contributed by atoms with Crippen LogP contribution in [0.15, 0.2) is 0 Å². The summed E-state index contributed by atoms with van der Waals surface area (Å²) in [4.78, 5) is 0. The molecule has 0 aliphatic rings. The van der Waals surface area contributed by atoms with Crippen molar-refractivity contribution in [2.24, 2.45) is 0 Å². The zero-order chi connectivity index (χ0) is 2.00. The molecule has 0 aromatic heterocycles. The lowest BCUT2D eigenvalue weighted by Gasteiger charge is -0.734. The molecule has 0 bridgehead atoms. The summed E-state index contributed by atoms with van der Waals surface area (Å²) in [5.74, 6) is 0. The Morgan fingerprint density at radius 3 is 1.00 bits per heavy atom. The lowest BCUT2D eigenvalue weighted by atomic mass is 16.0. The van der Waals surface area contributed by atoms with E-state index in [1.807, 2.05) is 0 Å². The summed E-state index contributed by atoms with van der Waals surface area (Å²) < 4.78 is 7.83. The van der Waals surface area contributed by atoms with Crippen LogP contribution >= 0.6 is 0 Å². The van der Waals surface area contributed by atoms with Gasteiger partial charge in [-0.1, -0.05) is 0 Å². The van der Waals surface area contributed by atoms with Crippen molar-refractivity contribution in [1.82, 2.24) is 0 Å². The van der Waals surface area contributed by atoms with Gasteiger partial charge in [0.1, 0.15) is 0 Å². The highest BCUT2D eigenvalue weighted by molar-refractivity contribution is 7.44. The van der Waals surface area contributed by atoms with E-state index in [0.29, 0.717) is 0 Å². The van der Waals surface area contributed by atoms with E-state index in [4.69, 9.17) is 4.21 Å². The van der Waals surface area contributed by atoms with E-state index in [1.54, 1.807) is 0 Å². The minimum absolute atomic E-state index is 0. The fourth-order valence-corrected chi connectivity index (χ4v) is 0. The molecule has 2 nitrogen and oxygen atoms in total. The molecule has 28 valence electrons. The molecule has 0 aliphatic heterocycles. The molecule has 0 amide bonds. The first-order chi connectivity index (χ1) is 1.00. The Kier molecular flexibility index (Phi) is 308. The molecule has 0 saturated carbocycles. The maximum atomic E-state index is 7.83. The molecule has 0 atom stereocenters. The van der Waals surface area contributed by atoms with Crippen LogP contribution in [0.25, 0.3) is 0 Å². The molecule has 0 radical (unpaired) electrons. The first-order valence-electron chi connectivity index (χ1n) is 0.167. The lowest BCUT2D eigenvalue weighted by molar-refractivity contribution is 0.702. The molecule has 0 rings (SSSR count). The Labute approximate surface area is 67.8 Å². The van der Waals surface area contributed by atoms with Crippen LogP contribution in [-0.2, 0) is 12.5 Å². The first kappa shape index (κ1) is 31.3. The summed E-state index contributed by atoms with van der Waals surface area (Å²) in [6, 6.07) is 0. The Morgan fingerprint density at radius 1 is 1.00 bits per heavy atom. The van der Waals surface area contributed by atoms with Gasteiger partial charge in [0.25, 0.3) is 0 Å². The summed E-state index contributed by atoms with van der Waals surface area (Å²) in [6.45, 7) is 0. The zero-order valence-electron chi connectivity index (χ0n) is 1.32. The second-order valence-electron chi connectivity index (χ2n) is 0. The minimum atomic E-state index is 0. The fraction of sp³-hybridized carbons (Fsp3) is 0. The zero-order valence-corrected chi connectivity index (χ0v) is 2.13. The maximum absolute atomic E-state index is 7.83. The van der Waals surface area contributed by atoms with Gasteiger partial charge in [-0.25, -0.2) is 0 Å². The van der Waals surface area contributed by atoms with E-state index >= 15 is 0 Å². The molecule has 0 aliphatic carbocycles.